The quantitative estimate of drug-likeness (QED) is 0.860. The van der Waals surface area contributed by atoms with Gasteiger partial charge in [-0.25, -0.2) is 0 Å². The topological polar surface area (TPSA) is 44.5 Å². The molecule has 3 nitrogen and oxygen atoms in total. The van der Waals surface area contributed by atoms with Crippen molar-refractivity contribution in [3.63, 3.8) is 0 Å². The molecule has 0 saturated heterocycles. The van der Waals surface area contributed by atoms with Crippen LogP contribution < -0.4 is 10.5 Å². The average molecular weight is 277 g/mol. The van der Waals surface area contributed by atoms with E-state index in [1.807, 2.05) is 19.1 Å². The number of rotatable bonds is 6. The molecular formula is C17H27NO2. The molecule has 0 spiro atoms. The molecule has 2 N–H and O–H groups in total. The van der Waals surface area contributed by atoms with E-state index in [9.17, 15) is 0 Å². The molecule has 1 unspecified atom stereocenters. The molecular weight excluding hydrogens is 250 g/mol. The van der Waals surface area contributed by atoms with Crippen molar-refractivity contribution in [3.05, 3.63) is 29.3 Å². The van der Waals surface area contributed by atoms with E-state index in [2.05, 4.69) is 6.07 Å². The van der Waals surface area contributed by atoms with E-state index in [1.165, 1.54) is 32.1 Å². The Morgan fingerprint density at radius 1 is 1.25 bits per heavy atom. The highest BCUT2D eigenvalue weighted by atomic mass is 16.5. The summed E-state index contributed by atoms with van der Waals surface area (Å²) in [4.78, 5) is 0. The summed E-state index contributed by atoms with van der Waals surface area (Å²) >= 11 is 0. The van der Waals surface area contributed by atoms with E-state index in [0.717, 1.165) is 29.4 Å². The van der Waals surface area contributed by atoms with Gasteiger partial charge in [-0.15, -0.1) is 0 Å². The largest absolute Gasteiger partial charge is 0.496 e. The van der Waals surface area contributed by atoms with Crippen molar-refractivity contribution in [1.29, 1.82) is 0 Å². The number of methoxy groups -OCH3 is 1. The molecule has 1 fully saturated rings. The number of ether oxygens (including phenoxy) is 2. The summed E-state index contributed by atoms with van der Waals surface area (Å²) in [6.07, 6.45) is 6.74. The fraction of sp³-hybridized carbons (Fsp3) is 0.647. The van der Waals surface area contributed by atoms with Crippen LogP contribution >= 0.6 is 0 Å². The van der Waals surface area contributed by atoms with Gasteiger partial charge in [0.1, 0.15) is 5.75 Å². The number of hydrogen-bond donors (Lipinski definition) is 1. The van der Waals surface area contributed by atoms with Gasteiger partial charge in [0.05, 0.1) is 13.7 Å². The van der Waals surface area contributed by atoms with Gasteiger partial charge in [-0.05, 0) is 43.4 Å². The van der Waals surface area contributed by atoms with E-state index < -0.39 is 0 Å². The number of nitrogens with two attached hydrogens (primary N) is 1. The summed E-state index contributed by atoms with van der Waals surface area (Å²) in [5.41, 5.74) is 8.16. The molecule has 2 rings (SSSR count). The zero-order valence-electron chi connectivity index (χ0n) is 12.7. The van der Waals surface area contributed by atoms with Gasteiger partial charge in [0.25, 0.3) is 0 Å². The van der Waals surface area contributed by atoms with Crippen LogP contribution in [0.4, 0.5) is 0 Å². The van der Waals surface area contributed by atoms with Crippen LogP contribution in [-0.4, -0.2) is 13.7 Å². The molecule has 0 amide bonds. The van der Waals surface area contributed by atoms with Gasteiger partial charge < -0.3 is 15.2 Å². The minimum absolute atomic E-state index is 0.0398. The van der Waals surface area contributed by atoms with Crippen LogP contribution in [0.1, 0.15) is 56.2 Å². The standard InChI is InChI=1S/C17H27NO2/c1-13(18)15-8-9-17(19-2)16(10-15)12-20-11-14-6-4-3-5-7-14/h8-10,13-14H,3-7,11-12,18H2,1-2H3. The van der Waals surface area contributed by atoms with Gasteiger partial charge in [-0.3, -0.25) is 0 Å². The fourth-order valence-corrected chi connectivity index (χ4v) is 2.88. The number of hydrogen-bond acceptors (Lipinski definition) is 3. The van der Waals surface area contributed by atoms with Gasteiger partial charge in [0, 0.05) is 18.2 Å². The Morgan fingerprint density at radius 2 is 2.00 bits per heavy atom. The van der Waals surface area contributed by atoms with Crippen molar-refractivity contribution in [1.82, 2.24) is 0 Å². The molecule has 1 aliphatic carbocycles. The van der Waals surface area contributed by atoms with Crippen molar-refractivity contribution < 1.29 is 9.47 Å². The Labute approximate surface area is 122 Å². The van der Waals surface area contributed by atoms with Gasteiger partial charge >= 0.3 is 0 Å². The molecule has 112 valence electrons. The Kier molecular flexibility index (Phi) is 5.86. The van der Waals surface area contributed by atoms with E-state index in [0.29, 0.717) is 6.61 Å². The third-order valence-corrected chi connectivity index (χ3v) is 4.17. The van der Waals surface area contributed by atoms with Crippen molar-refractivity contribution in [2.45, 2.75) is 51.7 Å². The Morgan fingerprint density at radius 3 is 2.65 bits per heavy atom. The summed E-state index contributed by atoms with van der Waals surface area (Å²) in [5.74, 6) is 1.63. The molecule has 0 aromatic heterocycles. The molecule has 0 aliphatic heterocycles. The first kappa shape index (κ1) is 15.3. The van der Waals surface area contributed by atoms with Crippen molar-refractivity contribution >= 4 is 0 Å². The monoisotopic (exact) mass is 277 g/mol. The lowest BCUT2D eigenvalue weighted by Crippen LogP contribution is -2.13. The maximum absolute atomic E-state index is 5.94. The second-order valence-corrected chi connectivity index (χ2v) is 5.88. The molecule has 1 aromatic carbocycles. The van der Waals surface area contributed by atoms with E-state index in [1.54, 1.807) is 7.11 Å². The predicted octanol–water partition coefficient (Wildman–Crippen LogP) is 3.81. The van der Waals surface area contributed by atoms with Crippen molar-refractivity contribution in [3.8, 4) is 5.75 Å². The van der Waals surface area contributed by atoms with Crippen molar-refractivity contribution in [2.24, 2.45) is 11.7 Å². The summed E-state index contributed by atoms with van der Waals surface area (Å²) in [6, 6.07) is 6.15. The van der Waals surface area contributed by atoms with Crippen LogP contribution in [0.2, 0.25) is 0 Å². The number of benzene rings is 1. The normalized spacial score (nSPS) is 17.9. The molecule has 1 aliphatic rings. The van der Waals surface area contributed by atoms with Crippen LogP contribution in [0.25, 0.3) is 0 Å². The third-order valence-electron chi connectivity index (χ3n) is 4.17. The second kappa shape index (κ2) is 7.65. The molecule has 1 aromatic rings. The lowest BCUT2D eigenvalue weighted by atomic mass is 9.90. The lowest BCUT2D eigenvalue weighted by Gasteiger charge is -2.21. The second-order valence-electron chi connectivity index (χ2n) is 5.88. The maximum atomic E-state index is 5.94. The Balaban J connectivity index is 1.91. The summed E-state index contributed by atoms with van der Waals surface area (Å²) in [5, 5.41) is 0. The van der Waals surface area contributed by atoms with Gasteiger partial charge in [0.2, 0.25) is 0 Å². The zero-order valence-corrected chi connectivity index (χ0v) is 12.7. The van der Waals surface area contributed by atoms with Gasteiger partial charge in [0.15, 0.2) is 0 Å². The van der Waals surface area contributed by atoms with Crippen LogP contribution in [0.5, 0.6) is 5.75 Å². The van der Waals surface area contributed by atoms with Crippen LogP contribution in [-0.2, 0) is 11.3 Å². The molecule has 1 atom stereocenters. The third kappa shape index (κ3) is 4.22. The minimum atomic E-state index is 0.0398. The maximum Gasteiger partial charge on any atom is 0.124 e. The highest BCUT2D eigenvalue weighted by molar-refractivity contribution is 5.37. The van der Waals surface area contributed by atoms with Crippen molar-refractivity contribution in [2.75, 3.05) is 13.7 Å². The predicted molar refractivity (Wildman–Crippen MR) is 81.8 cm³/mol. The van der Waals surface area contributed by atoms with Crippen LogP contribution in [0.3, 0.4) is 0 Å². The fourth-order valence-electron chi connectivity index (χ4n) is 2.88. The smallest absolute Gasteiger partial charge is 0.124 e. The van der Waals surface area contributed by atoms with E-state index >= 15 is 0 Å². The molecule has 0 radical (unpaired) electrons. The molecule has 1 saturated carbocycles. The van der Waals surface area contributed by atoms with Gasteiger partial charge in [-0.2, -0.15) is 0 Å². The summed E-state index contributed by atoms with van der Waals surface area (Å²) < 4.78 is 11.3. The first-order valence-corrected chi connectivity index (χ1v) is 7.71. The summed E-state index contributed by atoms with van der Waals surface area (Å²) in [6.45, 7) is 3.47. The molecule has 20 heavy (non-hydrogen) atoms. The molecule has 0 bridgehead atoms. The van der Waals surface area contributed by atoms with Crippen LogP contribution in [0.15, 0.2) is 18.2 Å². The van der Waals surface area contributed by atoms with E-state index in [-0.39, 0.29) is 6.04 Å². The lowest BCUT2D eigenvalue weighted by molar-refractivity contribution is 0.0727. The SMILES string of the molecule is COc1ccc(C(C)N)cc1COCC1CCCCC1. The first-order valence-electron chi connectivity index (χ1n) is 7.71. The molecule has 0 heterocycles. The Hall–Kier alpha value is -1.06. The molecule has 3 heteroatoms. The Bertz CT molecular complexity index is 411. The average Bonchev–Trinajstić information content (AvgIpc) is 2.48. The van der Waals surface area contributed by atoms with Gasteiger partial charge in [-0.1, -0.05) is 25.3 Å². The zero-order chi connectivity index (χ0) is 14.4. The highest BCUT2D eigenvalue weighted by Crippen LogP contribution is 2.26. The highest BCUT2D eigenvalue weighted by Gasteiger charge is 2.14. The van der Waals surface area contributed by atoms with Crippen LogP contribution in [0, 0.1) is 5.92 Å². The first-order chi connectivity index (χ1) is 9.70. The van der Waals surface area contributed by atoms with E-state index in [4.69, 9.17) is 15.2 Å². The minimum Gasteiger partial charge on any atom is -0.496 e. The summed E-state index contributed by atoms with van der Waals surface area (Å²) in [7, 11) is 1.70.